The van der Waals surface area contributed by atoms with E-state index in [9.17, 15) is 13.2 Å². The topological polar surface area (TPSA) is 63.2 Å². The highest BCUT2D eigenvalue weighted by Crippen LogP contribution is 2.12. The van der Waals surface area contributed by atoms with Crippen molar-refractivity contribution < 1.29 is 13.2 Å². The number of carbonyl (C=O) groups excluding carboxylic acids is 1. The number of nitrogens with one attached hydrogen (secondary N) is 1. The fourth-order valence-electron chi connectivity index (χ4n) is 1.52. The van der Waals surface area contributed by atoms with Crippen molar-refractivity contribution in [3.63, 3.8) is 0 Å². The standard InChI is InChI=1S/C13H19NO3S/c1-4-12(15)9-11-5-7-13(8-6-11)18(16,17)14-10(2)3/h5-8,10,14H,4,9H2,1-3H3. The summed E-state index contributed by atoms with van der Waals surface area (Å²) in [6.45, 7) is 5.35. The van der Waals surface area contributed by atoms with Gasteiger partial charge in [0.15, 0.2) is 0 Å². The molecule has 0 aliphatic rings. The maximum Gasteiger partial charge on any atom is 0.240 e. The number of hydrogen-bond acceptors (Lipinski definition) is 3. The number of Topliss-reactive ketones (excluding diaryl/α,β-unsaturated/α-hetero) is 1. The predicted octanol–water partition coefficient (Wildman–Crippen LogP) is 1.89. The summed E-state index contributed by atoms with van der Waals surface area (Å²) in [4.78, 5) is 11.5. The van der Waals surface area contributed by atoms with E-state index in [-0.39, 0.29) is 16.7 Å². The van der Waals surface area contributed by atoms with Gasteiger partial charge in [-0.05, 0) is 31.5 Å². The Balaban J connectivity index is 2.86. The zero-order valence-corrected chi connectivity index (χ0v) is 11.8. The van der Waals surface area contributed by atoms with Crippen LogP contribution in [0.25, 0.3) is 0 Å². The van der Waals surface area contributed by atoms with Gasteiger partial charge in [-0.15, -0.1) is 0 Å². The molecule has 0 saturated carbocycles. The van der Waals surface area contributed by atoms with Crippen molar-refractivity contribution in [1.29, 1.82) is 0 Å². The Morgan fingerprint density at radius 3 is 2.22 bits per heavy atom. The molecule has 0 saturated heterocycles. The molecule has 0 amide bonds. The smallest absolute Gasteiger partial charge is 0.240 e. The molecule has 0 spiro atoms. The first-order chi connectivity index (χ1) is 8.35. The van der Waals surface area contributed by atoms with Gasteiger partial charge in [-0.25, -0.2) is 13.1 Å². The average Bonchev–Trinajstić information content (AvgIpc) is 2.28. The SMILES string of the molecule is CCC(=O)Cc1ccc(S(=O)(=O)NC(C)C)cc1. The van der Waals surface area contributed by atoms with E-state index in [1.807, 2.05) is 6.92 Å². The maximum atomic E-state index is 11.9. The van der Waals surface area contributed by atoms with Gasteiger partial charge >= 0.3 is 0 Å². The lowest BCUT2D eigenvalue weighted by molar-refractivity contribution is -0.118. The van der Waals surface area contributed by atoms with Gasteiger partial charge in [0.2, 0.25) is 10.0 Å². The van der Waals surface area contributed by atoms with Gasteiger partial charge in [-0.1, -0.05) is 19.1 Å². The third-order valence-electron chi connectivity index (χ3n) is 2.42. The first kappa shape index (κ1) is 14.9. The number of hydrogen-bond donors (Lipinski definition) is 1. The molecular weight excluding hydrogens is 250 g/mol. The van der Waals surface area contributed by atoms with Crippen LogP contribution < -0.4 is 4.72 Å². The molecule has 1 rings (SSSR count). The van der Waals surface area contributed by atoms with Gasteiger partial charge in [0.25, 0.3) is 0 Å². The zero-order valence-electron chi connectivity index (χ0n) is 10.9. The molecule has 0 aromatic heterocycles. The number of sulfonamides is 1. The van der Waals surface area contributed by atoms with Crippen LogP contribution in [0.4, 0.5) is 0 Å². The highest BCUT2D eigenvalue weighted by Gasteiger charge is 2.14. The van der Waals surface area contributed by atoms with E-state index in [0.717, 1.165) is 5.56 Å². The molecule has 0 radical (unpaired) electrons. The number of rotatable bonds is 6. The van der Waals surface area contributed by atoms with Crippen LogP contribution in [0.5, 0.6) is 0 Å². The second-order valence-corrected chi connectivity index (χ2v) is 6.20. The van der Waals surface area contributed by atoms with Gasteiger partial charge in [0.05, 0.1) is 4.90 Å². The zero-order chi connectivity index (χ0) is 13.8. The molecule has 5 heteroatoms. The summed E-state index contributed by atoms with van der Waals surface area (Å²) in [5, 5.41) is 0. The monoisotopic (exact) mass is 269 g/mol. The molecule has 0 unspecified atom stereocenters. The predicted molar refractivity (Wildman–Crippen MR) is 70.9 cm³/mol. The minimum Gasteiger partial charge on any atom is -0.299 e. The van der Waals surface area contributed by atoms with Crippen LogP contribution in [0.1, 0.15) is 32.8 Å². The maximum absolute atomic E-state index is 11.9. The minimum absolute atomic E-state index is 0.142. The fourth-order valence-corrected chi connectivity index (χ4v) is 2.77. The van der Waals surface area contributed by atoms with Crippen LogP contribution in [-0.4, -0.2) is 20.2 Å². The van der Waals surface area contributed by atoms with Gasteiger partial charge < -0.3 is 0 Å². The fraction of sp³-hybridized carbons (Fsp3) is 0.462. The summed E-state index contributed by atoms with van der Waals surface area (Å²) in [6.07, 6.45) is 0.851. The molecule has 0 aliphatic carbocycles. The molecule has 1 aromatic rings. The van der Waals surface area contributed by atoms with Crippen LogP contribution in [0.15, 0.2) is 29.2 Å². The Morgan fingerprint density at radius 2 is 1.78 bits per heavy atom. The van der Waals surface area contributed by atoms with E-state index in [1.165, 1.54) is 12.1 Å². The average molecular weight is 269 g/mol. The highest BCUT2D eigenvalue weighted by molar-refractivity contribution is 7.89. The first-order valence-electron chi connectivity index (χ1n) is 5.98. The molecular formula is C13H19NO3S. The van der Waals surface area contributed by atoms with Crippen molar-refractivity contribution >= 4 is 15.8 Å². The molecule has 0 fully saturated rings. The van der Waals surface area contributed by atoms with Crippen LogP contribution >= 0.6 is 0 Å². The largest absolute Gasteiger partial charge is 0.299 e. The van der Waals surface area contributed by atoms with E-state index in [4.69, 9.17) is 0 Å². The lowest BCUT2D eigenvalue weighted by Gasteiger charge is -2.09. The number of carbonyl (C=O) groups is 1. The van der Waals surface area contributed by atoms with E-state index >= 15 is 0 Å². The number of ketones is 1. The third kappa shape index (κ3) is 4.23. The minimum atomic E-state index is -3.45. The summed E-state index contributed by atoms with van der Waals surface area (Å²) in [7, 11) is -3.45. The first-order valence-corrected chi connectivity index (χ1v) is 7.46. The molecule has 0 heterocycles. The van der Waals surface area contributed by atoms with Crippen molar-refractivity contribution in [3.05, 3.63) is 29.8 Å². The van der Waals surface area contributed by atoms with Crippen molar-refractivity contribution in [2.24, 2.45) is 0 Å². The Hall–Kier alpha value is -1.20. The van der Waals surface area contributed by atoms with Gasteiger partial charge in [-0.2, -0.15) is 0 Å². The van der Waals surface area contributed by atoms with Crippen LogP contribution in [0.2, 0.25) is 0 Å². The van der Waals surface area contributed by atoms with Crippen molar-refractivity contribution in [2.75, 3.05) is 0 Å². The lowest BCUT2D eigenvalue weighted by atomic mass is 10.1. The van der Waals surface area contributed by atoms with E-state index in [2.05, 4.69) is 4.72 Å². The summed E-state index contributed by atoms with van der Waals surface area (Å²) in [5.74, 6) is 0.144. The highest BCUT2D eigenvalue weighted by atomic mass is 32.2. The lowest BCUT2D eigenvalue weighted by Crippen LogP contribution is -2.30. The Morgan fingerprint density at radius 1 is 1.22 bits per heavy atom. The van der Waals surface area contributed by atoms with Crippen LogP contribution in [0, 0.1) is 0 Å². The normalized spacial score (nSPS) is 11.8. The second-order valence-electron chi connectivity index (χ2n) is 4.49. The quantitative estimate of drug-likeness (QED) is 0.858. The van der Waals surface area contributed by atoms with Crippen LogP contribution in [0.3, 0.4) is 0 Å². The Bertz CT molecular complexity index is 504. The summed E-state index contributed by atoms with van der Waals surface area (Å²) >= 11 is 0. The molecule has 0 atom stereocenters. The summed E-state index contributed by atoms with van der Waals surface area (Å²) < 4.78 is 26.2. The van der Waals surface area contributed by atoms with E-state index in [1.54, 1.807) is 26.0 Å². The van der Waals surface area contributed by atoms with Crippen molar-refractivity contribution in [3.8, 4) is 0 Å². The Kier molecular flexibility index (Phi) is 5.04. The van der Waals surface area contributed by atoms with Gasteiger partial charge in [0, 0.05) is 18.9 Å². The third-order valence-corrected chi connectivity index (χ3v) is 4.09. The van der Waals surface area contributed by atoms with Gasteiger partial charge in [0.1, 0.15) is 5.78 Å². The molecule has 1 aromatic carbocycles. The molecule has 1 N–H and O–H groups in total. The van der Waals surface area contributed by atoms with Crippen molar-refractivity contribution in [2.45, 2.75) is 44.6 Å². The Labute approximate surface area is 108 Å². The molecule has 100 valence electrons. The van der Waals surface area contributed by atoms with Crippen LogP contribution in [-0.2, 0) is 21.2 Å². The molecule has 0 bridgehead atoms. The molecule has 0 aliphatic heterocycles. The summed E-state index contributed by atoms with van der Waals surface area (Å²) in [6, 6.07) is 6.29. The molecule has 4 nitrogen and oxygen atoms in total. The van der Waals surface area contributed by atoms with Gasteiger partial charge in [-0.3, -0.25) is 4.79 Å². The second kappa shape index (κ2) is 6.11. The summed E-state index contributed by atoms with van der Waals surface area (Å²) in [5.41, 5.74) is 0.838. The molecule has 18 heavy (non-hydrogen) atoms. The van der Waals surface area contributed by atoms with Crippen molar-refractivity contribution in [1.82, 2.24) is 4.72 Å². The van der Waals surface area contributed by atoms with E-state index in [0.29, 0.717) is 12.8 Å². The number of benzene rings is 1. The van der Waals surface area contributed by atoms with E-state index < -0.39 is 10.0 Å².